The Hall–Kier alpha value is -0.780. The van der Waals surface area contributed by atoms with Gasteiger partial charge in [-0.05, 0) is 32.1 Å². The molecule has 0 aliphatic rings. The van der Waals surface area contributed by atoms with Crippen LogP contribution in [-0.2, 0) is 0 Å². The zero-order valence-corrected chi connectivity index (χ0v) is 13.7. The van der Waals surface area contributed by atoms with E-state index in [2.05, 4.69) is 50.3 Å². The number of rotatable bonds is 14. The Kier molecular flexibility index (Phi) is 17.5. The number of hydrogen-bond donors (Lipinski definition) is 0. The summed E-state index contributed by atoms with van der Waals surface area (Å²) in [6.45, 7) is 6.05. The van der Waals surface area contributed by atoms with Gasteiger partial charge in [0.15, 0.2) is 0 Å². The Bertz CT molecular complexity index is 245. The van der Waals surface area contributed by atoms with Crippen LogP contribution in [0.25, 0.3) is 0 Å². The molecular weight excluding hydrogens is 240 g/mol. The molecule has 0 N–H and O–H groups in total. The molecule has 0 spiro atoms. The van der Waals surface area contributed by atoms with Gasteiger partial charge in [-0.3, -0.25) is 0 Å². The number of hydrogen-bond acceptors (Lipinski definition) is 0. The summed E-state index contributed by atoms with van der Waals surface area (Å²) in [5.74, 6) is 0. The minimum absolute atomic E-state index is 1.08. The fourth-order valence-corrected chi connectivity index (χ4v) is 2.15. The van der Waals surface area contributed by atoms with Crippen LogP contribution in [0.4, 0.5) is 0 Å². The van der Waals surface area contributed by atoms with Crippen LogP contribution in [0.15, 0.2) is 36.5 Å². The van der Waals surface area contributed by atoms with Crippen molar-refractivity contribution in [3.05, 3.63) is 43.4 Å². The normalized spacial score (nSPS) is 12.3. The van der Waals surface area contributed by atoms with Crippen LogP contribution in [0.3, 0.4) is 0 Å². The van der Waals surface area contributed by atoms with Crippen LogP contribution in [0.1, 0.15) is 84.0 Å². The molecule has 0 aliphatic carbocycles. The molecule has 0 rings (SSSR count). The molecule has 0 saturated carbocycles. The molecule has 0 heteroatoms. The van der Waals surface area contributed by atoms with Gasteiger partial charge in [0.05, 0.1) is 0 Å². The molecule has 0 aromatic rings. The summed E-state index contributed by atoms with van der Waals surface area (Å²) in [4.78, 5) is 0. The molecule has 0 fully saturated rings. The molecule has 1 radical (unpaired) electrons. The van der Waals surface area contributed by atoms with Crippen molar-refractivity contribution in [2.24, 2.45) is 0 Å². The predicted molar refractivity (Wildman–Crippen MR) is 93.9 cm³/mol. The van der Waals surface area contributed by atoms with Gasteiger partial charge in [0.25, 0.3) is 0 Å². The van der Waals surface area contributed by atoms with E-state index < -0.39 is 0 Å². The van der Waals surface area contributed by atoms with Crippen molar-refractivity contribution in [1.29, 1.82) is 0 Å². The van der Waals surface area contributed by atoms with Crippen LogP contribution >= 0.6 is 0 Å². The van der Waals surface area contributed by atoms with Crippen LogP contribution in [0.2, 0.25) is 0 Å². The zero-order valence-electron chi connectivity index (χ0n) is 13.7. The van der Waals surface area contributed by atoms with Gasteiger partial charge < -0.3 is 0 Å². The lowest BCUT2D eigenvalue weighted by Crippen LogP contribution is -1.79. The molecule has 0 aliphatic heterocycles. The predicted octanol–water partition coefficient (Wildman–Crippen LogP) is 7.19. The Morgan fingerprint density at radius 3 is 1.70 bits per heavy atom. The second-order valence-corrected chi connectivity index (χ2v) is 5.41. The number of unbranched alkanes of at least 4 members (excludes halogenated alkanes) is 8. The highest BCUT2D eigenvalue weighted by Crippen LogP contribution is 2.09. The number of allylic oxidation sites excluding steroid dienone is 6. The highest BCUT2D eigenvalue weighted by atomic mass is 14.0. The third-order valence-corrected chi connectivity index (χ3v) is 3.40. The smallest absolute Gasteiger partial charge is 0.0169 e. The molecular formula is C20H35. The maximum absolute atomic E-state index is 3.88. The molecule has 0 atom stereocenters. The first-order chi connectivity index (χ1) is 9.91. The summed E-state index contributed by atoms with van der Waals surface area (Å²) >= 11 is 0. The van der Waals surface area contributed by atoms with E-state index in [-0.39, 0.29) is 0 Å². The van der Waals surface area contributed by atoms with E-state index in [0.717, 1.165) is 25.7 Å². The van der Waals surface area contributed by atoms with E-state index in [1.165, 1.54) is 51.4 Å². The van der Waals surface area contributed by atoms with Crippen LogP contribution < -0.4 is 0 Å². The fourth-order valence-electron chi connectivity index (χ4n) is 2.15. The van der Waals surface area contributed by atoms with E-state index in [9.17, 15) is 0 Å². The van der Waals surface area contributed by atoms with Crippen molar-refractivity contribution in [1.82, 2.24) is 0 Å². The summed E-state index contributed by atoms with van der Waals surface area (Å²) in [5.41, 5.74) is 0. The molecule has 0 amide bonds. The minimum Gasteiger partial charge on any atom is -0.0885 e. The van der Waals surface area contributed by atoms with Crippen molar-refractivity contribution in [2.45, 2.75) is 84.0 Å². The molecule has 0 nitrogen and oxygen atoms in total. The third kappa shape index (κ3) is 17.2. The molecule has 0 saturated heterocycles. The summed E-state index contributed by atoms with van der Waals surface area (Å²) in [7, 11) is 0. The second-order valence-electron chi connectivity index (χ2n) is 5.41. The average Bonchev–Trinajstić information content (AvgIpc) is 2.47. The summed E-state index contributed by atoms with van der Waals surface area (Å²) in [6, 6.07) is 0. The van der Waals surface area contributed by atoms with Crippen molar-refractivity contribution >= 4 is 0 Å². The molecule has 115 valence electrons. The van der Waals surface area contributed by atoms with Gasteiger partial charge in [0.1, 0.15) is 0 Å². The maximum Gasteiger partial charge on any atom is -0.0169 e. The quantitative estimate of drug-likeness (QED) is 0.232. The van der Waals surface area contributed by atoms with Gasteiger partial charge >= 0.3 is 0 Å². The summed E-state index contributed by atoms with van der Waals surface area (Å²) in [6.07, 6.45) is 29.0. The van der Waals surface area contributed by atoms with Crippen LogP contribution in [-0.4, -0.2) is 0 Å². The first kappa shape index (κ1) is 19.2. The largest absolute Gasteiger partial charge is 0.0885 e. The van der Waals surface area contributed by atoms with Gasteiger partial charge in [-0.25, -0.2) is 0 Å². The summed E-state index contributed by atoms with van der Waals surface area (Å²) < 4.78 is 0. The van der Waals surface area contributed by atoms with Gasteiger partial charge in [-0.2, -0.15) is 0 Å². The van der Waals surface area contributed by atoms with Crippen LogP contribution in [0, 0.1) is 6.92 Å². The van der Waals surface area contributed by atoms with Gasteiger partial charge in [-0.15, -0.1) is 0 Å². The van der Waals surface area contributed by atoms with E-state index in [1.54, 1.807) is 0 Å². The lowest BCUT2D eigenvalue weighted by molar-refractivity contribution is 0.583. The van der Waals surface area contributed by atoms with Crippen LogP contribution in [0.5, 0.6) is 0 Å². The lowest BCUT2D eigenvalue weighted by atomic mass is 10.1. The molecule has 0 aromatic carbocycles. The Morgan fingerprint density at radius 2 is 1.10 bits per heavy atom. The first-order valence-corrected chi connectivity index (χ1v) is 8.66. The monoisotopic (exact) mass is 275 g/mol. The fraction of sp³-hybridized carbons (Fsp3) is 0.650. The van der Waals surface area contributed by atoms with Gasteiger partial charge in [0.2, 0.25) is 0 Å². The van der Waals surface area contributed by atoms with E-state index in [1.807, 2.05) is 0 Å². The Labute approximate surface area is 128 Å². The third-order valence-electron chi connectivity index (χ3n) is 3.40. The minimum atomic E-state index is 1.08. The van der Waals surface area contributed by atoms with Crippen molar-refractivity contribution in [3.8, 4) is 0 Å². The average molecular weight is 276 g/mol. The summed E-state index contributed by atoms with van der Waals surface area (Å²) in [5, 5.41) is 0. The Morgan fingerprint density at radius 1 is 0.600 bits per heavy atom. The lowest BCUT2D eigenvalue weighted by Gasteiger charge is -1.99. The zero-order chi connectivity index (χ0) is 14.7. The van der Waals surface area contributed by atoms with Crippen molar-refractivity contribution in [2.75, 3.05) is 0 Å². The van der Waals surface area contributed by atoms with Crippen molar-refractivity contribution < 1.29 is 0 Å². The maximum atomic E-state index is 3.88. The van der Waals surface area contributed by atoms with E-state index in [4.69, 9.17) is 0 Å². The van der Waals surface area contributed by atoms with E-state index in [0.29, 0.717) is 0 Å². The SMILES string of the molecule is [CH2]CCCCCCCCC/C=C\C/C=C\C/C=C\CC. The molecule has 0 bridgehead atoms. The topological polar surface area (TPSA) is 0 Å². The second kappa shape index (κ2) is 18.2. The molecule has 0 heterocycles. The Balaban J connectivity index is 3.17. The molecule has 0 aromatic heterocycles. The van der Waals surface area contributed by atoms with Gasteiger partial charge in [-0.1, -0.05) is 95.2 Å². The molecule has 0 unspecified atom stereocenters. The van der Waals surface area contributed by atoms with Crippen molar-refractivity contribution in [3.63, 3.8) is 0 Å². The first-order valence-electron chi connectivity index (χ1n) is 8.66. The highest BCUT2D eigenvalue weighted by molar-refractivity contribution is 4.96. The molecule has 20 heavy (non-hydrogen) atoms. The standard InChI is InChI=1S/C20H35/c1-3-5-7-9-11-13-15-17-19-20-18-16-14-12-10-8-6-4-2/h6,8,12,14,18,20H,1,3-5,7,9-11,13,15-17,19H2,2H3/b8-6-,14-12-,20-18-. The van der Waals surface area contributed by atoms with Gasteiger partial charge in [0, 0.05) is 0 Å². The highest BCUT2D eigenvalue weighted by Gasteiger charge is 1.90. The van der Waals surface area contributed by atoms with E-state index >= 15 is 0 Å².